The average Bonchev–Trinajstić information content (AvgIpc) is 2.62. The van der Waals surface area contributed by atoms with Crippen molar-refractivity contribution in [3.63, 3.8) is 0 Å². The van der Waals surface area contributed by atoms with Crippen LogP contribution in [0.2, 0.25) is 0 Å². The Morgan fingerprint density at radius 2 is 2.38 bits per heavy atom. The van der Waals surface area contributed by atoms with Crippen LogP contribution >= 0.6 is 27.3 Å². The Morgan fingerprint density at radius 3 is 2.92 bits per heavy atom. The van der Waals surface area contributed by atoms with Crippen LogP contribution in [0.4, 0.5) is 5.95 Å². The smallest absolute Gasteiger partial charge is 0.239 e. The molecule has 0 fully saturated rings. The van der Waals surface area contributed by atoms with Gasteiger partial charge in [-0.15, -0.1) is 16.4 Å². The zero-order chi connectivity index (χ0) is 9.26. The third-order valence-electron chi connectivity index (χ3n) is 1.38. The fourth-order valence-electron chi connectivity index (χ4n) is 0.885. The van der Waals surface area contributed by atoms with Gasteiger partial charge in [-0.1, -0.05) is 0 Å². The number of thiazole rings is 1. The van der Waals surface area contributed by atoms with E-state index in [9.17, 15) is 0 Å². The lowest BCUT2D eigenvalue weighted by molar-refractivity contribution is 0.684. The lowest BCUT2D eigenvalue weighted by atomic mass is 10.7. The van der Waals surface area contributed by atoms with E-state index in [0.717, 1.165) is 8.79 Å². The number of aromatic nitrogens is 4. The molecule has 0 unspecified atom stereocenters. The number of nitrogen functional groups attached to an aromatic ring is 1. The van der Waals surface area contributed by atoms with Gasteiger partial charge in [0.25, 0.3) is 0 Å². The summed E-state index contributed by atoms with van der Waals surface area (Å²) in [6, 6.07) is 0. The van der Waals surface area contributed by atoms with Crippen molar-refractivity contribution in [2.45, 2.75) is 6.54 Å². The van der Waals surface area contributed by atoms with Crippen LogP contribution < -0.4 is 5.73 Å². The van der Waals surface area contributed by atoms with E-state index in [1.165, 1.54) is 0 Å². The van der Waals surface area contributed by atoms with E-state index in [1.54, 1.807) is 28.5 Å². The Balaban J connectivity index is 2.14. The number of nitrogens with zero attached hydrogens (tertiary/aromatic N) is 4. The van der Waals surface area contributed by atoms with Crippen LogP contribution in [0.1, 0.15) is 5.01 Å². The predicted molar refractivity (Wildman–Crippen MR) is 53.4 cm³/mol. The van der Waals surface area contributed by atoms with Crippen molar-refractivity contribution in [2.24, 2.45) is 0 Å². The fraction of sp³-hybridized carbons (Fsp3) is 0.167. The van der Waals surface area contributed by atoms with E-state index < -0.39 is 0 Å². The number of hydrogen-bond acceptors (Lipinski definition) is 5. The monoisotopic (exact) mass is 259 g/mol. The van der Waals surface area contributed by atoms with Gasteiger partial charge < -0.3 is 5.73 Å². The van der Waals surface area contributed by atoms with Gasteiger partial charge in [-0.25, -0.2) is 14.6 Å². The summed E-state index contributed by atoms with van der Waals surface area (Å²) in [5, 5.41) is 4.92. The molecule has 7 heteroatoms. The molecule has 2 heterocycles. The molecule has 0 aliphatic heterocycles. The first kappa shape index (κ1) is 8.64. The fourth-order valence-corrected chi connectivity index (χ4v) is 2.18. The Hall–Kier alpha value is -0.950. The molecule has 0 aliphatic carbocycles. The summed E-state index contributed by atoms with van der Waals surface area (Å²) in [5.74, 6) is 0.288. The number of hydrogen-bond donors (Lipinski definition) is 1. The van der Waals surface area contributed by atoms with E-state index in [1.807, 2.05) is 0 Å². The summed E-state index contributed by atoms with van der Waals surface area (Å²) in [6.07, 6.45) is 3.35. The standard InChI is InChI=1S/C6H6BrN5S/c7-4-1-9-5(13-4)2-12-3-10-6(8)11-12/h1,3H,2H2,(H2,8,11). The average molecular weight is 260 g/mol. The molecule has 0 aromatic carbocycles. The maximum Gasteiger partial charge on any atom is 0.239 e. The van der Waals surface area contributed by atoms with Gasteiger partial charge in [0.15, 0.2) is 0 Å². The van der Waals surface area contributed by atoms with Crippen LogP contribution in [0.25, 0.3) is 0 Å². The highest BCUT2D eigenvalue weighted by molar-refractivity contribution is 9.11. The van der Waals surface area contributed by atoms with Crippen LogP contribution in [-0.2, 0) is 6.54 Å². The van der Waals surface area contributed by atoms with E-state index in [2.05, 4.69) is 31.0 Å². The molecule has 0 saturated heterocycles. The van der Waals surface area contributed by atoms with Crippen molar-refractivity contribution in [2.75, 3.05) is 5.73 Å². The molecule has 0 atom stereocenters. The van der Waals surface area contributed by atoms with E-state index in [4.69, 9.17) is 5.73 Å². The second-order valence-corrected chi connectivity index (χ2v) is 4.85. The van der Waals surface area contributed by atoms with Crippen molar-refractivity contribution in [1.29, 1.82) is 0 Å². The predicted octanol–water partition coefficient (Wildman–Crippen LogP) is 1.13. The lowest BCUT2D eigenvalue weighted by Crippen LogP contribution is -2.00. The Kier molecular flexibility index (Phi) is 2.28. The first-order valence-electron chi connectivity index (χ1n) is 3.49. The van der Waals surface area contributed by atoms with E-state index in [0.29, 0.717) is 6.54 Å². The molecular formula is C6H6BrN5S. The van der Waals surface area contributed by atoms with E-state index >= 15 is 0 Å². The first-order valence-corrected chi connectivity index (χ1v) is 5.10. The highest BCUT2D eigenvalue weighted by Crippen LogP contribution is 2.19. The summed E-state index contributed by atoms with van der Waals surface area (Å²) >= 11 is 4.90. The van der Waals surface area contributed by atoms with Crippen LogP contribution in [0.15, 0.2) is 16.3 Å². The number of anilines is 1. The zero-order valence-electron chi connectivity index (χ0n) is 6.51. The molecule has 2 N–H and O–H groups in total. The molecule has 0 radical (unpaired) electrons. The van der Waals surface area contributed by atoms with Crippen molar-refractivity contribution in [3.8, 4) is 0 Å². The van der Waals surface area contributed by atoms with Gasteiger partial charge in [0, 0.05) is 0 Å². The van der Waals surface area contributed by atoms with E-state index in [-0.39, 0.29) is 5.95 Å². The summed E-state index contributed by atoms with van der Waals surface area (Å²) in [4.78, 5) is 7.98. The molecule has 0 saturated carbocycles. The summed E-state index contributed by atoms with van der Waals surface area (Å²) in [6.45, 7) is 0.612. The molecular weight excluding hydrogens is 254 g/mol. The molecule has 0 spiro atoms. The SMILES string of the molecule is Nc1ncn(Cc2ncc(Br)s2)n1. The topological polar surface area (TPSA) is 69.6 Å². The van der Waals surface area contributed by atoms with Gasteiger partial charge in [-0.3, -0.25) is 0 Å². The van der Waals surface area contributed by atoms with Crippen LogP contribution in [0.3, 0.4) is 0 Å². The highest BCUT2D eigenvalue weighted by Gasteiger charge is 2.01. The third-order valence-corrected chi connectivity index (χ3v) is 2.84. The Morgan fingerprint density at radius 1 is 1.54 bits per heavy atom. The lowest BCUT2D eigenvalue weighted by Gasteiger charge is -1.93. The van der Waals surface area contributed by atoms with Gasteiger partial charge in [0.1, 0.15) is 11.3 Å². The maximum absolute atomic E-state index is 5.37. The van der Waals surface area contributed by atoms with Gasteiger partial charge in [0.05, 0.1) is 16.5 Å². The minimum Gasteiger partial charge on any atom is -0.367 e. The molecule has 13 heavy (non-hydrogen) atoms. The summed E-state index contributed by atoms with van der Waals surface area (Å²) in [5.41, 5.74) is 5.37. The number of halogens is 1. The molecule has 2 rings (SSSR count). The minimum atomic E-state index is 0.288. The van der Waals surface area contributed by atoms with Crippen LogP contribution in [0, 0.1) is 0 Å². The van der Waals surface area contributed by atoms with Gasteiger partial charge in [0.2, 0.25) is 5.95 Å². The molecule has 0 amide bonds. The molecule has 0 aliphatic rings. The van der Waals surface area contributed by atoms with Crippen molar-refractivity contribution < 1.29 is 0 Å². The van der Waals surface area contributed by atoms with Crippen molar-refractivity contribution in [3.05, 3.63) is 21.3 Å². The second kappa shape index (κ2) is 3.43. The van der Waals surface area contributed by atoms with Gasteiger partial charge in [-0.2, -0.15) is 0 Å². The third kappa shape index (κ3) is 2.04. The largest absolute Gasteiger partial charge is 0.367 e. The van der Waals surface area contributed by atoms with Crippen molar-refractivity contribution in [1.82, 2.24) is 19.7 Å². The normalized spacial score (nSPS) is 10.5. The summed E-state index contributed by atoms with van der Waals surface area (Å²) in [7, 11) is 0. The number of nitrogens with two attached hydrogens (primary N) is 1. The van der Waals surface area contributed by atoms with Gasteiger partial charge in [-0.05, 0) is 15.9 Å². The molecule has 2 aromatic rings. The van der Waals surface area contributed by atoms with Crippen LogP contribution in [-0.4, -0.2) is 19.7 Å². The Labute approximate surface area is 86.7 Å². The quantitative estimate of drug-likeness (QED) is 0.878. The minimum absolute atomic E-state index is 0.288. The number of rotatable bonds is 2. The molecule has 0 bridgehead atoms. The molecule has 5 nitrogen and oxygen atoms in total. The molecule has 68 valence electrons. The van der Waals surface area contributed by atoms with Gasteiger partial charge >= 0.3 is 0 Å². The first-order chi connectivity index (χ1) is 6.24. The summed E-state index contributed by atoms with van der Waals surface area (Å²) < 4.78 is 2.66. The Bertz CT molecular complexity index is 370. The van der Waals surface area contributed by atoms with Crippen LogP contribution in [0.5, 0.6) is 0 Å². The van der Waals surface area contributed by atoms with Crippen molar-refractivity contribution >= 4 is 33.2 Å². The zero-order valence-corrected chi connectivity index (χ0v) is 8.92. The molecule has 2 aromatic heterocycles. The maximum atomic E-state index is 5.37. The highest BCUT2D eigenvalue weighted by atomic mass is 79.9. The second-order valence-electron chi connectivity index (χ2n) is 2.36.